The third-order valence-corrected chi connectivity index (χ3v) is 5.29. The lowest BCUT2D eigenvalue weighted by atomic mass is 9.87. The first-order valence-corrected chi connectivity index (χ1v) is 10.2. The summed E-state index contributed by atoms with van der Waals surface area (Å²) in [5, 5.41) is 6.52. The number of fused-ring (bicyclic) bond motifs is 1. The number of rotatable bonds is 9. The van der Waals surface area contributed by atoms with Gasteiger partial charge in [-0.3, -0.25) is 4.79 Å². The van der Waals surface area contributed by atoms with Gasteiger partial charge in [0.1, 0.15) is 12.1 Å². The predicted molar refractivity (Wildman–Crippen MR) is 119 cm³/mol. The molecule has 29 heavy (non-hydrogen) atoms. The molecule has 0 fully saturated rings. The van der Waals surface area contributed by atoms with Gasteiger partial charge in [0.2, 0.25) is 0 Å². The number of ketones is 1. The van der Waals surface area contributed by atoms with Crippen LogP contribution in [0.1, 0.15) is 29.3 Å². The van der Waals surface area contributed by atoms with Crippen LogP contribution in [0.3, 0.4) is 0 Å². The Kier molecular flexibility index (Phi) is 6.70. The second kappa shape index (κ2) is 9.23. The van der Waals surface area contributed by atoms with Crippen molar-refractivity contribution in [3.8, 4) is 11.5 Å². The van der Waals surface area contributed by atoms with E-state index in [4.69, 9.17) is 21.1 Å². The minimum atomic E-state index is -0.715. The summed E-state index contributed by atoms with van der Waals surface area (Å²) < 4.78 is 11.3. The fourth-order valence-electron chi connectivity index (χ4n) is 3.57. The van der Waals surface area contributed by atoms with E-state index in [-0.39, 0.29) is 5.78 Å². The van der Waals surface area contributed by atoms with Gasteiger partial charge in [-0.25, -0.2) is 0 Å². The minimum Gasteiger partial charge on any atom is -0.493 e. The summed E-state index contributed by atoms with van der Waals surface area (Å²) in [6.45, 7) is 2.34. The van der Waals surface area contributed by atoms with Crippen molar-refractivity contribution < 1.29 is 14.3 Å². The largest absolute Gasteiger partial charge is 0.493 e. The van der Waals surface area contributed by atoms with Crippen LogP contribution in [-0.2, 0) is 6.42 Å². The van der Waals surface area contributed by atoms with E-state index in [1.807, 2.05) is 43.3 Å². The third kappa shape index (κ3) is 4.51. The Morgan fingerprint density at radius 3 is 2.76 bits per heavy atom. The van der Waals surface area contributed by atoms with Crippen LogP contribution in [-0.4, -0.2) is 38.0 Å². The first-order chi connectivity index (χ1) is 14.0. The van der Waals surface area contributed by atoms with Crippen LogP contribution < -0.4 is 20.1 Å². The number of alkyl halides is 1. The van der Waals surface area contributed by atoms with Crippen LogP contribution in [0.4, 0.5) is 11.4 Å². The monoisotopic (exact) mass is 414 g/mol. The molecule has 2 aromatic rings. The van der Waals surface area contributed by atoms with E-state index in [1.54, 1.807) is 20.2 Å². The number of carbonyl (C=O) groups is 1. The Balaban J connectivity index is 1.86. The summed E-state index contributed by atoms with van der Waals surface area (Å²) in [4.78, 5) is 13.5. The maximum Gasteiger partial charge on any atom is 0.190 e. The zero-order chi connectivity index (χ0) is 20.9. The van der Waals surface area contributed by atoms with E-state index in [2.05, 4.69) is 16.7 Å². The van der Waals surface area contributed by atoms with Gasteiger partial charge in [-0.15, -0.1) is 11.6 Å². The summed E-state index contributed by atoms with van der Waals surface area (Å²) in [6, 6.07) is 11.6. The van der Waals surface area contributed by atoms with Crippen molar-refractivity contribution in [3.05, 3.63) is 59.7 Å². The lowest BCUT2D eigenvalue weighted by molar-refractivity contribution is 0.0920. The van der Waals surface area contributed by atoms with Gasteiger partial charge in [0.25, 0.3) is 0 Å². The molecular weight excluding hydrogens is 388 g/mol. The van der Waals surface area contributed by atoms with E-state index in [1.165, 1.54) is 0 Å². The summed E-state index contributed by atoms with van der Waals surface area (Å²) in [5.74, 6) is 1.69. The lowest BCUT2D eigenvalue weighted by Gasteiger charge is -2.25. The molecule has 2 N–H and O–H groups in total. The van der Waals surface area contributed by atoms with Gasteiger partial charge in [0.15, 0.2) is 17.3 Å². The molecule has 5 nitrogen and oxygen atoms in total. The Labute approximate surface area is 177 Å². The van der Waals surface area contributed by atoms with Crippen molar-refractivity contribution >= 4 is 28.8 Å². The summed E-state index contributed by atoms with van der Waals surface area (Å²) >= 11 is 5.67. The first-order valence-electron chi connectivity index (χ1n) is 9.67. The number of halogens is 1. The SMILES string of the molecule is CNc1cc(OC/C=C/CCCl)c(OC)cc1C(=O)C1(C)Cc2ccccc2N1. The molecule has 1 unspecified atom stereocenters. The molecule has 1 aliphatic rings. The highest BCUT2D eigenvalue weighted by Crippen LogP contribution is 2.39. The molecule has 0 radical (unpaired) electrons. The average Bonchev–Trinajstić information content (AvgIpc) is 3.09. The summed E-state index contributed by atoms with van der Waals surface area (Å²) in [6.07, 6.45) is 5.32. The second-order valence-corrected chi connectivity index (χ2v) is 7.56. The molecule has 1 heterocycles. The number of hydrogen-bond donors (Lipinski definition) is 2. The van der Waals surface area contributed by atoms with Gasteiger partial charge in [0, 0.05) is 42.4 Å². The Hall–Kier alpha value is -2.66. The van der Waals surface area contributed by atoms with E-state index in [0.29, 0.717) is 41.7 Å². The molecule has 1 atom stereocenters. The van der Waals surface area contributed by atoms with Crippen LogP contribution in [0.15, 0.2) is 48.6 Å². The average molecular weight is 415 g/mol. The molecule has 0 saturated carbocycles. The zero-order valence-corrected chi connectivity index (χ0v) is 17.8. The quantitative estimate of drug-likeness (QED) is 0.347. The Morgan fingerprint density at radius 1 is 1.28 bits per heavy atom. The standard InChI is InChI=1S/C23H27ClN2O3/c1-23(15-16-9-5-6-10-18(16)26-23)22(27)17-13-20(28-3)21(14-19(17)25-2)29-12-8-4-7-11-24/h4-6,8-10,13-14,25-26H,7,11-12,15H2,1-3H3/b8-4+. The Morgan fingerprint density at radius 2 is 2.07 bits per heavy atom. The predicted octanol–water partition coefficient (Wildman–Crippen LogP) is 4.91. The smallest absolute Gasteiger partial charge is 0.190 e. The van der Waals surface area contributed by atoms with Crippen molar-refractivity contribution in [2.75, 3.05) is 37.3 Å². The molecule has 2 aromatic carbocycles. The Bertz CT molecular complexity index is 886. The number of Topliss-reactive ketones (excluding diaryl/α,β-unsaturated/α-hetero) is 1. The zero-order valence-electron chi connectivity index (χ0n) is 17.0. The van der Waals surface area contributed by atoms with Crippen molar-refractivity contribution in [2.24, 2.45) is 0 Å². The van der Waals surface area contributed by atoms with E-state index >= 15 is 0 Å². The number of allylic oxidation sites excluding steroid dienone is 1. The number of hydrogen-bond acceptors (Lipinski definition) is 5. The molecule has 0 spiro atoms. The molecule has 0 saturated heterocycles. The van der Waals surface area contributed by atoms with Gasteiger partial charge in [-0.2, -0.15) is 0 Å². The number of carbonyl (C=O) groups excluding carboxylic acids is 1. The van der Waals surface area contributed by atoms with Gasteiger partial charge in [-0.1, -0.05) is 30.4 Å². The number of nitrogens with one attached hydrogen (secondary N) is 2. The van der Waals surface area contributed by atoms with E-state index in [0.717, 1.165) is 17.7 Å². The number of benzene rings is 2. The van der Waals surface area contributed by atoms with Gasteiger partial charge >= 0.3 is 0 Å². The number of para-hydroxylation sites is 1. The van der Waals surface area contributed by atoms with Crippen molar-refractivity contribution in [3.63, 3.8) is 0 Å². The maximum absolute atomic E-state index is 13.5. The summed E-state index contributed by atoms with van der Waals surface area (Å²) in [7, 11) is 3.37. The van der Waals surface area contributed by atoms with E-state index < -0.39 is 5.54 Å². The van der Waals surface area contributed by atoms with E-state index in [9.17, 15) is 4.79 Å². The normalized spacial score (nSPS) is 17.7. The molecule has 0 bridgehead atoms. The minimum absolute atomic E-state index is 0.00454. The second-order valence-electron chi connectivity index (χ2n) is 7.18. The highest BCUT2D eigenvalue weighted by Gasteiger charge is 2.40. The summed E-state index contributed by atoms with van der Waals surface area (Å²) in [5.41, 5.74) is 2.70. The van der Waals surface area contributed by atoms with Crippen LogP contribution in [0.25, 0.3) is 0 Å². The van der Waals surface area contributed by atoms with Crippen molar-refractivity contribution in [2.45, 2.75) is 25.3 Å². The number of anilines is 2. The molecule has 0 aromatic heterocycles. The van der Waals surface area contributed by atoms with Crippen molar-refractivity contribution in [1.29, 1.82) is 0 Å². The molecule has 1 aliphatic heterocycles. The molecule has 154 valence electrons. The maximum atomic E-state index is 13.5. The molecular formula is C23H27ClN2O3. The van der Waals surface area contributed by atoms with Crippen LogP contribution in [0, 0.1) is 0 Å². The first kappa shape index (κ1) is 21.1. The fraction of sp³-hybridized carbons (Fsp3) is 0.348. The lowest BCUT2D eigenvalue weighted by Crippen LogP contribution is -2.42. The van der Waals surface area contributed by atoms with Gasteiger partial charge < -0.3 is 20.1 Å². The topological polar surface area (TPSA) is 59.6 Å². The number of methoxy groups -OCH3 is 1. The highest BCUT2D eigenvalue weighted by atomic mass is 35.5. The van der Waals surface area contributed by atoms with Crippen LogP contribution in [0.5, 0.6) is 11.5 Å². The van der Waals surface area contributed by atoms with Gasteiger partial charge in [-0.05, 0) is 31.0 Å². The molecule has 0 amide bonds. The molecule has 6 heteroatoms. The highest BCUT2D eigenvalue weighted by molar-refractivity contribution is 6.17. The van der Waals surface area contributed by atoms with Crippen molar-refractivity contribution in [1.82, 2.24) is 0 Å². The van der Waals surface area contributed by atoms with Gasteiger partial charge in [0.05, 0.1) is 7.11 Å². The molecule has 3 rings (SSSR count). The molecule has 0 aliphatic carbocycles. The number of ether oxygens (including phenoxy) is 2. The third-order valence-electron chi connectivity index (χ3n) is 5.07. The van der Waals surface area contributed by atoms with Crippen LogP contribution >= 0.6 is 11.6 Å². The fourth-order valence-corrected chi connectivity index (χ4v) is 3.69. The van der Waals surface area contributed by atoms with Crippen LogP contribution in [0.2, 0.25) is 0 Å².